The van der Waals surface area contributed by atoms with Gasteiger partial charge in [0.25, 0.3) is 0 Å². The summed E-state index contributed by atoms with van der Waals surface area (Å²) in [5.41, 5.74) is 1.05. The highest BCUT2D eigenvalue weighted by Gasteiger charge is 2.12. The van der Waals surface area contributed by atoms with Gasteiger partial charge in [0.05, 0.1) is 0 Å². The first-order valence-corrected chi connectivity index (χ1v) is 8.33. The second-order valence-electron chi connectivity index (χ2n) is 5.21. The Morgan fingerprint density at radius 1 is 1.23 bits per heavy atom. The topological polar surface area (TPSA) is 70.2 Å². The number of urea groups is 1. The minimum Gasteiger partial charge on any atom is -0.357 e. The van der Waals surface area contributed by atoms with E-state index in [9.17, 15) is 4.79 Å². The largest absolute Gasteiger partial charge is 0.357 e. The predicted molar refractivity (Wildman–Crippen MR) is 88.3 cm³/mol. The number of amides is 2. The summed E-state index contributed by atoms with van der Waals surface area (Å²) in [5.74, 6) is 0.999. The maximum absolute atomic E-state index is 11.8. The van der Waals surface area contributed by atoms with Gasteiger partial charge in [-0.3, -0.25) is 5.32 Å². The van der Waals surface area contributed by atoms with Crippen molar-refractivity contribution in [1.29, 1.82) is 0 Å². The van der Waals surface area contributed by atoms with Crippen LogP contribution in [0.2, 0.25) is 0 Å². The van der Waals surface area contributed by atoms with E-state index >= 15 is 0 Å². The molecule has 2 aromatic heterocycles. The summed E-state index contributed by atoms with van der Waals surface area (Å²) in [4.78, 5) is 22.6. The molecule has 2 N–H and O–H groups in total. The van der Waals surface area contributed by atoms with Crippen LogP contribution in [-0.2, 0) is 6.54 Å². The highest BCUT2D eigenvalue weighted by atomic mass is 32.1. The third-order valence-electron chi connectivity index (χ3n) is 3.60. The molecule has 1 aliphatic heterocycles. The number of carbonyl (C=O) groups excluding carboxylic acids is 1. The SMILES string of the molecule is O=C(NCc1ccnc(N2CCCCC2)c1)Nc1nccs1. The molecule has 2 aromatic rings. The van der Waals surface area contributed by atoms with Crippen LogP contribution in [0.25, 0.3) is 0 Å². The molecule has 2 amide bonds. The van der Waals surface area contributed by atoms with Gasteiger partial charge in [0.2, 0.25) is 0 Å². The van der Waals surface area contributed by atoms with E-state index in [1.807, 2.05) is 11.4 Å². The lowest BCUT2D eigenvalue weighted by molar-refractivity contribution is 0.251. The smallest absolute Gasteiger partial charge is 0.321 e. The van der Waals surface area contributed by atoms with E-state index in [0.717, 1.165) is 24.5 Å². The molecule has 0 aromatic carbocycles. The molecule has 6 nitrogen and oxygen atoms in total. The van der Waals surface area contributed by atoms with E-state index in [4.69, 9.17) is 0 Å². The van der Waals surface area contributed by atoms with Crippen molar-refractivity contribution in [2.75, 3.05) is 23.3 Å². The molecule has 0 saturated carbocycles. The number of pyridine rings is 1. The first-order valence-electron chi connectivity index (χ1n) is 7.45. The molecule has 0 unspecified atom stereocenters. The first-order chi connectivity index (χ1) is 10.8. The van der Waals surface area contributed by atoms with Gasteiger partial charge in [0.1, 0.15) is 5.82 Å². The summed E-state index contributed by atoms with van der Waals surface area (Å²) in [7, 11) is 0. The van der Waals surface area contributed by atoms with Crippen LogP contribution in [0.1, 0.15) is 24.8 Å². The van der Waals surface area contributed by atoms with Crippen molar-refractivity contribution in [2.24, 2.45) is 0 Å². The Balaban J connectivity index is 1.54. The molecular weight excluding hydrogens is 298 g/mol. The number of piperidine rings is 1. The zero-order valence-electron chi connectivity index (χ0n) is 12.3. The van der Waals surface area contributed by atoms with Crippen LogP contribution in [-0.4, -0.2) is 29.1 Å². The average Bonchev–Trinajstić information content (AvgIpc) is 3.07. The molecule has 0 spiro atoms. The Kier molecular flexibility index (Phi) is 4.85. The van der Waals surface area contributed by atoms with Crippen molar-refractivity contribution in [3.63, 3.8) is 0 Å². The first kappa shape index (κ1) is 14.8. The van der Waals surface area contributed by atoms with Crippen LogP contribution in [0.5, 0.6) is 0 Å². The van der Waals surface area contributed by atoms with Crippen LogP contribution < -0.4 is 15.5 Å². The lowest BCUT2D eigenvalue weighted by Crippen LogP contribution is -2.31. The van der Waals surface area contributed by atoms with E-state index in [1.54, 1.807) is 12.4 Å². The predicted octanol–water partition coefficient (Wildman–Crippen LogP) is 2.85. The summed E-state index contributed by atoms with van der Waals surface area (Å²) in [5, 5.41) is 7.96. The summed E-state index contributed by atoms with van der Waals surface area (Å²) < 4.78 is 0. The van der Waals surface area contributed by atoms with Gasteiger partial charge >= 0.3 is 6.03 Å². The second kappa shape index (κ2) is 7.22. The van der Waals surface area contributed by atoms with Crippen molar-refractivity contribution in [2.45, 2.75) is 25.8 Å². The summed E-state index contributed by atoms with van der Waals surface area (Å²) in [6.07, 6.45) is 7.21. The third kappa shape index (κ3) is 3.94. The normalized spacial score (nSPS) is 14.6. The van der Waals surface area contributed by atoms with Crippen LogP contribution in [0, 0.1) is 0 Å². The lowest BCUT2D eigenvalue weighted by Gasteiger charge is -2.27. The van der Waals surface area contributed by atoms with Crippen LogP contribution in [0.4, 0.5) is 15.7 Å². The fourth-order valence-corrected chi connectivity index (χ4v) is 3.00. The number of nitrogens with zero attached hydrogens (tertiary/aromatic N) is 3. The van der Waals surface area contributed by atoms with Gasteiger partial charge in [0, 0.05) is 37.4 Å². The molecule has 0 atom stereocenters. The fraction of sp³-hybridized carbons (Fsp3) is 0.400. The van der Waals surface area contributed by atoms with Crippen molar-refractivity contribution >= 4 is 28.3 Å². The van der Waals surface area contributed by atoms with Gasteiger partial charge < -0.3 is 10.2 Å². The van der Waals surface area contributed by atoms with Crippen LogP contribution >= 0.6 is 11.3 Å². The third-order valence-corrected chi connectivity index (χ3v) is 4.28. The molecule has 0 aliphatic carbocycles. The van der Waals surface area contributed by atoms with E-state index in [0.29, 0.717) is 11.7 Å². The molecule has 3 heterocycles. The molecule has 116 valence electrons. The molecule has 1 saturated heterocycles. The Morgan fingerprint density at radius 3 is 2.86 bits per heavy atom. The zero-order chi connectivity index (χ0) is 15.2. The van der Waals surface area contributed by atoms with Gasteiger partial charge in [-0.1, -0.05) is 0 Å². The minimum atomic E-state index is -0.244. The Hall–Kier alpha value is -2.15. The van der Waals surface area contributed by atoms with E-state index in [2.05, 4.69) is 31.6 Å². The summed E-state index contributed by atoms with van der Waals surface area (Å²) >= 11 is 1.39. The standard InChI is InChI=1S/C15H19N5OS/c21-14(19-15-17-6-9-22-15)18-11-12-4-5-16-13(10-12)20-7-2-1-3-8-20/h4-6,9-10H,1-3,7-8,11H2,(H2,17,18,19,21). The van der Waals surface area contributed by atoms with Gasteiger partial charge in [-0.2, -0.15) is 0 Å². The van der Waals surface area contributed by atoms with Gasteiger partial charge in [0.15, 0.2) is 5.13 Å². The number of thiazole rings is 1. The Morgan fingerprint density at radius 2 is 2.09 bits per heavy atom. The summed E-state index contributed by atoms with van der Waals surface area (Å²) in [6.45, 7) is 2.60. The minimum absolute atomic E-state index is 0.244. The zero-order valence-corrected chi connectivity index (χ0v) is 13.1. The fourth-order valence-electron chi connectivity index (χ4n) is 2.48. The molecular formula is C15H19N5OS. The highest BCUT2D eigenvalue weighted by molar-refractivity contribution is 7.13. The van der Waals surface area contributed by atoms with Crippen LogP contribution in [0.15, 0.2) is 29.9 Å². The summed E-state index contributed by atoms with van der Waals surface area (Å²) in [6, 6.07) is 3.73. The maximum Gasteiger partial charge on any atom is 0.321 e. The Bertz CT molecular complexity index is 610. The number of nitrogens with one attached hydrogen (secondary N) is 2. The maximum atomic E-state index is 11.8. The number of aromatic nitrogens is 2. The molecule has 1 fully saturated rings. The van der Waals surface area contributed by atoms with Crippen molar-refractivity contribution in [1.82, 2.24) is 15.3 Å². The molecule has 1 aliphatic rings. The molecule has 0 bridgehead atoms. The van der Waals surface area contributed by atoms with Gasteiger partial charge in [-0.25, -0.2) is 14.8 Å². The number of hydrogen-bond donors (Lipinski definition) is 2. The molecule has 7 heteroatoms. The molecule has 3 rings (SSSR count). The Labute approximate surface area is 133 Å². The number of carbonyl (C=O) groups is 1. The van der Waals surface area contributed by atoms with Crippen molar-refractivity contribution in [3.05, 3.63) is 35.5 Å². The van der Waals surface area contributed by atoms with Gasteiger partial charge in [-0.15, -0.1) is 11.3 Å². The number of rotatable bonds is 4. The molecule has 22 heavy (non-hydrogen) atoms. The van der Waals surface area contributed by atoms with E-state index in [1.165, 1.54) is 30.6 Å². The average molecular weight is 317 g/mol. The van der Waals surface area contributed by atoms with Gasteiger partial charge in [-0.05, 0) is 37.0 Å². The van der Waals surface area contributed by atoms with Crippen LogP contribution in [0.3, 0.4) is 0 Å². The second-order valence-corrected chi connectivity index (χ2v) is 6.11. The van der Waals surface area contributed by atoms with Crippen molar-refractivity contribution < 1.29 is 4.79 Å². The monoisotopic (exact) mass is 317 g/mol. The number of anilines is 2. The number of hydrogen-bond acceptors (Lipinski definition) is 5. The highest BCUT2D eigenvalue weighted by Crippen LogP contribution is 2.18. The van der Waals surface area contributed by atoms with Crippen molar-refractivity contribution in [3.8, 4) is 0 Å². The van der Waals surface area contributed by atoms with E-state index in [-0.39, 0.29) is 6.03 Å². The molecule has 0 radical (unpaired) electrons. The lowest BCUT2D eigenvalue weighted by atomic mass is 10.1. The van der Waals surface area contributed by atoms with E-state index < -0.39 is 0 Å². The quantitative estimate of drug-likeness (QED) is 0.910.